The molecule has 2 nitrogen and oxygen atoms in total. The lowest BCUT2D eigenvalue weighted by molar-refractivity contribution is 0.103. The molecule has 0 aliphatic carbocycles. The van der Waals surface area contributed by atoms with Gasteiger partial charge in [0.2, 0.25) is 0 Å². The Morgan fingerprint density at radius 1 is 1.20 bits per heavy atom. The Hall–Kier alpha value is -1.58. The van der Waals surface area contributed by atoms with Gasteiger partial charge < -0.3 is 4.98 Å². The Morgan fingerprint density at radius 2 is 2.00 bits per heavy atom. The first kappa shape index (κ1) is 13.4. The van der Waals surface area contributed by atoms with E-state index in [9.17, 15) is 4.79 Å². The lowest BCUT2D eigenvalue weighted by Gasteiger charge is -2.06. The maximum Gasteiger partial charge on any atom is 0.195 e. The van der Waals surface area contributed by atoms with Crippen LogP contribution in [0.5, 0.6) is 0 Å². The van der Waals surface area contributed by atoms with E-state index in [2.05, 4.69) is 20.9 Å². The van der Waals surface area contributed by atoms with Crippen molar-refractivity contribution < 1.29 is 4.79 Å². The SMILES string of the molecule is Cc1c(Br)cccc1C(=O)c1c[nH]c2cc(Cl)ccc12. The summed E-state index contributed by atoms with van der Waals surface area (Å²) in [5.74, 6) is 0.0115. The van der Waals surface area contributed by atoms with Crippen LogP contribution in [0.4, 0.5) is 0 Å². The normalized spacial score (nSPS) is 10.9. The van der Waals surface area contributed by atoms with Gasteiger partial charge in [0.15, 0.2) is 5.78 Å². The smallest absolute Gasteiger partial charge is 0.195 e. The van der Waals surface area contributed by atoms with Crippen LogP contribution >= 0.6 is 27.5 Å². The zero-order valence-corrected chi connectivity index (χ0v) is 13.0. The fourth-order valence-electron chi connectivity index (χ4n) is 2.28. The van der Waals surface area contributed by atoms with E-state index < -0.39 is 0 Å². The fraction of sp³-hybridized carbons (Fsp3) is 0.0625. The number of hydrogen-bond donors (Lipinski definition) is 1. The highest BCUT2D eigenvalue weighted by molar-refractivity contribution is 9.10. The molecule has 0 aliphatic heterocycles. The topological polar surface area (TPSA) is 32.9 Å². The largest absolute Gasteiger partial charge is 0.360 e. The Balaban J connectivity index is 2.16. The van der Waals surface area contributed by atoms with Crippen LogP contribution in [0.25, 0.3) is 10.9 Å². The molecule has 1 N–H and O–H groups in total. The molecule has 0 radical (unpaired) electrons. The quantitative estimate of drug-likeness (QED) is 0.640. The number of rotatable bonds is 2. The third-order valence-corrected chi connectivity index (χ3v) is 4.49. The maximum absolute atomic E-state index is 12.7. The summed E-state index contributed by atoms with van der Waals surface area (Å²) in [6, 6.07) is 11.1. The summed E-state index contributed by atoms with van der Waals surface area (Å²) < 4.78 is 0.936. The molecule has 0 unspecified atom stereocenters. The number of benzene rings is 2. The van der Waals surface area contributed by atoms with Crippen LogP contribution in [-0.4, -0.2) is 10.8 Å². The predicted molar refractivity (Wildman–Crippen MR) is 85.6 cm³/mol. The Kier molecular flexibility index (Phi) is 3.40. The van der Waals surface area contributed by atoms with Crippen molar-refractivity contribution in [3.8, 4) is 0 Å². The number of carbonyl (C=O) groups is 1. The van der Waals surface area contributed by atoms with E-state index in [-0.39, 0.29) is 5.78 Å². The van der Waals surface area contributed by atoms with Gasteiger partial charge in [0.1, 0.15) is 0 Å². The van der Waals surface area contributed by atoms with E-state index in [1.807, 2.05) is 37.3 Å². The van der Waals surface area contributed by atoms with Crippen molar-refractivity contribution in [2.24, 2.45) is 0 Å². The minimum atomic E-state index is 0.0115. The number of carbonyl (C=O) groups excluding carboxylic acids is 1. The van der Waals surface area contributed by atoms with Gasteiger partial charge in [-0.2, -0.15) is 0 Å². The number of nitrogens with one attached hydrogen (secondary N) is 1. The van der Waals surface area contributed by atoms with Crippen molar-refractivity contribution in [1.82, 2.24) is 4.98 Å². The molecule has 0 spiro atoms. The molecular formula is C16H11BrClNO. The number of fused-ring (bicyclic) bond motifs is 1. The second-order valence-electron chi connectivity index (χ2n) is 4.63. The standard InChI is InChI=1S/C16H11BrClNO/c1-9-11(3-2-4-14(9)17)16(20)13-8-19-15-7-10(18)5-6-12(13)15/h2-8,19H,1H3. The van der Waals surface area contributed by atoms with Crippen LogP contribution in [0.2, 0.25) is 5.02 Å². The van der Waals surface area contributed by atoms with Gasteiger partial charge >= 0.3 is 0 Å². The Bertz CT molecular complexity index is 822. The van der Waals surface area contributed by atoms with E-state index in [0.717, 1.165) is 20.9 Å². The summed E-state index contributed by atoms with van der Waals surface area (Å²) in [6.07, 6.45) is 1.74. The number of aromatic nitrogens is 1. The van der Waals surface area contributed by atoms with Gasteiger partial charge in [0.25, 0.3) is 0 Å². The molecule has 1 aromatic heterocycles. The highest BCUT2D eigenvalue weighted by Gasteiger charge is 2.17. The van der Waals surface area contributed by atoms with Crippen LogP contribution in [-0.2, 0) is 0 Å². The molecule has 3 rings (SSSR count). The lowest BCUT2D eigenvalue weighted by Crippen LogP contribution is -2.03. The van der Waals surface area contributed by atoms with Gasteiger partial charge in [0, 0.05) is 37.7 Å². The molecule has 20 heavy (non-hydrogen) atoms. The van der Waals surface area contributed by atoms with Gasteiger partial charge in [-0.25, -0.2) is 0 Å². The first-order valence-corrected chi connectivity index (χ1v) is 7.31. The average molecular weight is 349 g/mol. The van der Waals surface area contributed by atoms with Crippen molar-refractivity contribution in [2.75, 3.05) is 0 Å². The molecule has 0 saturated heterocycles. The number of hydrogen-bond acceptors (Lipinski definition) is 1. The third-order valence-electron chi connectivity index (χ3n) is 3.40. The lowest BCUT2D eigenvalue weighted by atomic mass is 9.99. The van der Waals surface area contributed by atoms with Gasteiger partial charge in [-0.1, -0.05) is 45.7 Å². The first-order valence-electron chi connectivity index (χ1n) is 6.14. The molecule has 1 heterocycles. The number of ketones is 1. The average Bonchev–Trinajstić information content (AvgIpc) is 2.84. The molecule has 3 aromatic rings. The van der Waals surface area contributed by atoms with Gasteiger partial charge in [0.05, 0.1) is 0 Å². The summed E-state index contributed by atoms with van der Waals surface area (Å²) >= 11 is 9.42. The molecule has 0 amide bonds. The predicted octanol–water partition coefficient (Wildman–Crippen LogP) is 5.12. The fourth-order valence-corrected chi connectivity index (χ4v) is 2.82. The monoisotopic (exact) mass is 347 g/mol. The van der Waals surface area contributed by atoms with Gasteiger partial charge in [-0.05, 0) is 30.7 Å². The molecular weight excluding hydrogens is 338 g/mol. The van der Waals surface area contributed by atoms with Gasteiger partial charge in [-0.3, -0.25) is 4.79 Å². The summed E-state index contributed by atoms with van der Waals surface area (Å²) in [7, 11) is 0. The highest BCUT2D eigenvalue weighted by atomic mass is 79.9. The van der Waals surface area contributed by atoms with Crippen molar-refractivity contribution in [3.05, 3.63) is 68.8 Å². The molecule has 100 valence electrons. The third kappa shape index (κ3) is 2.17. The van der Waals surface area contributed by atoms with Crippen molar-refractivity contribution in [2.45, 2.75) is 6.92 Å². The van der Waals surface area contributed by atoms with Crippen LogP contribution in [0.1, 0.15) is 21.5 Å². The Morgan fingerprint density at radius 3 is 2.80 bits per heavy atom. The number of halogens is 2. The summed E-state index contributed by atoms with van der Waals surface area (Å²) in [5.41, 5.74) is 3.18. The van der Waals surface area contributed by atoms with Crippen molar-refractivity contribution >= 4 is 44.2 Å². The van der Waals surface area contributed by atoms with E-state index >= 15 is 0 Å². The second-order valence-corrected chi connectivity index (χ2v) is 5.92. The van der Waals surface area contributed by atoms with Crippen LogP contribution in [0.15, 0.2) is 47.1 Å². The summed E-state index contributed by atoms with van der Waals surface area (Å²) in [4.78, 5) is 15.8. The second kappa shape index (κ2) is 5.08. The highest BCUT2D eigenvalue weighted by Crippen LogP contribution is 2.27. The molecule has 0 bridgehead atoms. The molecule has 2 aromatic carbocycles. The minimum Gasteiger partial charge on any atom is -0.360 e. The minimum absolute atomic E-state index is 0.0115. The van der Waals surface area contributed by atoms with E-state index in [0.29, 0.717) is 16.1 Å². The van der Waals surface area contributed by atoms with E-state index in [1.54, 1.807) is 12.3 Å². The van der Waals surface area contributed by atoms with Crippen LogP contribution in [0.3, 0.4) is 0 Å². The first-order chi connectivity index (χ1) is 9.58. The molecule has 0 fully saturated rings. The van der Waals surface area contributed by atoms with Crippen molar-refractivity contribution in [3.63, 3.8) is 0 Å². The van der Waals surface area contributed by atoms with Crippen molar-refractivity contribution in [1.29, 1.82) is 0 Å². The Labute approximate surface area is 129 Å². The number of aromatic amines is 1. The molecule has 0 atom stereocenters. The molecule has 4 heteroatoms. The van der Waals surface area contributed by atoms with E-state index in [4.69, 9.17) is 11.6 Å². The summed E-state index contributed by atoms with van der Waals surface area (Å²) in [6.45, 7) is 1.93. The zero-order valence-electron chi connectivity index (χ0n) is 10.7. The number of H-pyrrole nitrogens is 1. The molecule has 0 saturated carbocycles. The zero-order chi connectivity index (χ0) is 14.3. The van der Waals surface area contributed by atoms with Gasteiger partial charge in [-0.15, -0.1) is 0 Å². The summed E-state index contributed by atoms with van der Waals surface area (Å²) in [5, 5.41) is 1.54. The molecule has 0 aliphatic rings. The van der Waals surface area contributed by atoms with E-state index in [1.165, 1.54) is 0 Å². The van der Waals surface area contributed by atoms with Crippen LogP contribution < -0.4 is 0 Å². The van der Waals surface area contributed by atoms with Crippen LogP contribution in [0, 0.1) is 6.92 Å². The maximum atomic E-state index is 12.7.